The summed E-state index contributed by atoms with van der Waals surface area (Å²) in [5, 5.41) is 8.18. The molecule has 0 fully saturated rings. The Hall–Kier alpha value is -1.16. The van der Waals surface area contributed by atoms with Gasteiger partial charge in [-0.25, -0.2) is 0 Å². The second-order valence-corrected chi connectivity index (χ2v) is 3.13. The van der Waals surface area contributed by atoms with Gasteiger partial charge in [0.15, 0.2) is 0 Å². The molecule has 0 unspecified atom stereocenters. The van der Waals surface area contributed by atoms with E-state index in [1.807, 2.05) is 42.5 Å². The van der Waals surface area contributed by atoms with Gasteiger partial charge in [-0.05, 0) is 36.4 Å². The number of hydrogen-bond donors (Lipinski definition) is 1. The molecule has 0 saturated heterocycles. The Morgan fingerprint density at radius 1 is 0.688 bits per heavy atom. The van der Waals surface area contributed by atoms with Crippen LogP contribution in [0.15, 0.2) is 64.8 Å². The van der Waals surface area contributed by atoms with E-state index in [-0.39, 0.29) is 29.6 Å². The van der Waals surface area contributed by atoms with E-state index in [4.69, 9.17) is 5.73 Å². The minimum atomic E-state index is 0. The van der Waals surface area contributed by atoms with Gasteiger partial charge in [0.1, 0.15) is 0 Å². The largest absolute Gasteiger partial charge is 0.399 e. The average Bonchev–Trinajstić information content (AvgIpc) is 2.30. The summed E-state index contributed by atoms with van der Waals surface area (Å²) in [6.45, 7) is 0. The number of benzene rings is 2. The zero-order valence-electron chi connectivity index (χ0n) is 9.17. The second kappa shape index (κ2) is 6.43. The van der Waals surface area contributed by atoms with Gasteiger partial charge in [0.05, 0.1) is 11.4 Å². The third kappa shape index (κ3) is 3.77. The minimum Gasteiger partial charge on any atom is -0.399 e. The Labute approximate surface area is 117 Å². The van der Waals surface area contributed by atoms with Crippen LogP contribution in [-0.4, -0.2) is 29.6 Å². The average molecular weight is 220 g/mol. The summed E-state index contributed by atoms with van der Waals surface area (Å²) in [6.07, 6.45) is 0. The van der Waals surface area contributed by atoms with Gasteiger partial charge >= 0.3 is 0 Å². The first kappa shape index (κ1) is 12.9. The van der Waals surface area contributed by atoms with Crippen molar-refractivity contribution < 1.29 is 0 Å². The SMILES string of the molecule is Nc1ccc(N=Nc2ccccc2)cc1.[Na]. The molecule has 3 nitrogen and oxygen atoms in total. The standard InChI is InChI=1S/C12H11N3.Na/c13-10-6-8-12(9-7-10)15-14-11-4-2-1-3-5-11;/h1-9H,13H2;. The van der Waals surface area contributed by atoms with E-state index in [1.165, 1.54) is 0 Å². The summed E-state index contributed by atoms with van der Waals surface area (Å²) in [5.74, 6) is 0. The zero-order valence-corrected chi connectivity index (χ0v) is 11.2. The van der Waals surface area contributed by atoms with E-state index in [0.29, 0.717) is 0 Å². The molecule has 0 aliphatic carbocycles. The molecule has 0 aliphatic rings. The maximum absolute atomic E-state index is 5.56. The molecule has 2 N–H and O–H groups in total. The summed E-state index contributed by atoms with van der Waals surface area (Å²) in [7, 11) is 0. The summed E-state index contributed by atoms with van der Waals surface area (Å²) >= 11 is 0. The van der Waals surface area contributed by atoms with Crippen molar-refractivity contribution in [1.82, 2.24) is 0 Å². The Bertz CT molecular complexity index is 451. The molecule has 0 amide bonds. The van der Waals surface area contributed by atoms with Crippen LogP contribution in [0.2, 0.25) is 0 Å². The van der Waals surface area contributed by atoms with E-state index < -0.39 is 0 Å². The van der Waals surface area contributed by atoms with Gasteiger partial charge in [0.25, 0.3) is 0 Å². The predicted molar refractivity (Wildman–Crippen MR) is 67.2 cm³/mol. The Balaban J connectivity index is 0.00000128. The van der Waals surface area contributed by atoms with Gasteiger partial charge in [-0.2, -0.15) is 10.2 Å². The van der Waals surface area contributed by atoms with E-state index in [0.717, 1.165) is 17.1 Å². The fourth-order valence-corrected chi connectivity index (χ4v) is 1.15. The Kier molecular flexibility index (Phi) is 5.19. The minimum absolute atomic E-state index is 0. The third-order valence-electron chi connectivity index (χ3n) is 1.93. The van der Waals surface area contributed by atoms with Crippen LogP contribution in [0.4, 0.5) is 17.1 Å². The molecule has 1 radical (unpaired) electrons. The van der Waals surface area contributed by atoms with Gasteiger partial charge in [-0.1, -0.05) is 18.2 Å². The molecule has 2 aromatic rings. The first-order valence-corrected chi connectivity index (χ1v) is 4.67. The fourth-order valence-electron chi connectivity index (χ4n) is 1.15. The molecule has 0 aromatic heterocycles. The third-order valence-corrected chi connectivity index (χ3v) is 1.93. The molecule has 0 saturated carbocycles. The monoisotopic (exact) mass is 220 g/mol. The van der Waals surface area contributed by atoms with Crippen molar-refractivity contribution in [3.8, 4) is 0 Å². The molecular formula is C12H11N3Na. The first-order chi connectivity index (χ1) is 7.34. The number of azo groups is 1. The van der Waals surface area contributed by atoms with Crippen LogP contribution < -0.4 is 5.73 Å². The van der Waals surface area contributed by atoms with Crippen LogP contribution in [-0.2, 0) is 0 Å². The normalized spacial score (nSPS) is 10.0. The molecule has 0 bridgehead atoms. The molecule has 75 valence electrons. The number of nitrogens with two attached hydrogens (primary N) is 1. The maximum Gasteiger partial charge on any atom is 0.0858 e. The van der Waals surface area contributed by atoms with Gasteiger partial charge in [-0.3, -0.25) is 0 Å². The number of nitrogens with zero attached hydrogens (tertiary/aromatic N) is 2. The summed E-state index contributed by atoms with van der Waals surface area (Å²) in [6, 6.07) is 16.9. The van der Waals surface area contributed by atoms with Gasteiger partial charge in [-0.15, -0.1) is 0 Å². The molecule has 0 atom stereocenters. The van der Waals surface area contributed by atoms with Crippen molar-refractivity contribution in [2.45, 2.75) is 0 Å². The second-order valence-electron chi connectivity index (χ2n) is 3.13. The van der Waals surface area contributed by atoms with Crippen LogP contribution >= 0.6 is 0 Å². The molecule has 4 heteroatoms. The molecule has 0 spiro atoms. The van der Waals surface area contributed by atoms with Gasteiger partial charge < -0.3 is 5.73 Å². The first-order valence-electron chi connectivity index (χ1n) is 4.67. The fraction of sp³-hybridized carbons (Fsp3) is 0. The van der Waals surface area contributed by atoms with Crippen LogP contribution in [0, 0.1) is 0 Å². The summed E-state index contributed by atoms with van der Waals surface area (Å²) < 4.78 is 0. The topological polar surface area (TPSA) is 50.7 Å². The van der Waals surface area contributed by atoms with E-state index in [9.17, 15) is 0 Å². The van der Waals surface area contributed by atoms with Crippen molar-refractivity contribution in [3.05, 3.63) is 54.6 Å². The van der Waals surface area contributed by atoms with Crippen molar-refractivity contribution >= 4 is 46.6 Å². The van der Waals surface area contributed by atoms with E-state index in [1.54, 1.807) is 12.1 Å². The predicted octanol–water partition coefficient (Wildman–Crippen LogP) is 3.30. The van der Waals surface area contributed by atoms with Crippen molar-refractivity contribution in [3.63, 3.8) is 0 Å². The molecule has 2 aromatic carbocycles. The smallest absolute Gasteiger partial charge is 0.0858 e. The molecule has 0 heterocycles. The number of anilines is 1. The van der Waals surface area contributed by atoms with Crippen LogP contribution in [0.3, 0.4) is 0 Å². The number of nitrogen functional groups attached to an aromatic ring is 1. The van der Waals surface area contributed by atoms with Crippen LogP contribution in [0.5, 0.6) is 0 Å². The molecule has 0 aliphatic heterocycles. The van der Waals surface area contributed by atoms with Crippen LogP contribution in [0.25, 0.3) is 0 Å². The molecule has 2 rings (SSSR count). The van der Waals surface area contributed by atoms with E-state index >= 15 is 0 Å². The summed E-state index contributed by atoms with van der Waals surface area (Å²) in [4.78, 5) is 0. The van der Waals surface area contributed by atoms with E-state index in [2.05, 4.69) is 10.2 Å². The van der Waals surface area contributed by atoms with Crippen molar-refractivity contribution in [2.24, 2.45) is 10.2 Å². The van der Waals surface area contributed by atoms with Crippen molar-refractivity contribution in [1.29, 1.82) is 0 Å². The van der Waals surface area contributed by atoms with Gasteiger partial charge in [0, 0.05) is 35.2 Å². The van der Waals surface area contributed by atoms with Crippen LogP contribution in [0.1, 0.15) is 0 Å². The zero-order chi connectivity index (χ0) is 10.5. The van der Waals surface area contributed by atoms with Gasteiger partial charge in [0.2, 0.25) is 0 Å². The maximum atomic E-state index is 5.56. The molecule has 16 heavy (non-hydrogen) atoms. The number of rotatable bonds is 2. The Morgan fingerprint density at radius 3 is 1.75 bits per heavy atom. The summed E-state index contributed by atoms with van der Waals surface area (Å²) in [5.41, 5.74) is 7.93. The quantitative estimate of drug-likeness (QED) is 0.471. The Morgan fingerprint density at radius 2 is 1.19 bits per heavy atom. The number of hydrogen-bond acceptors (Lipinski definition) is 3. The molecular weight excluding hydrogens is 209 g/mol. The van der Waals surface area contributed by atoms with Crippen molar-refractivity contribution in [2.75, 3.05) is 5.73 Å².